The Bertz CT molecular complexity index is 774. The summed E-state index contributed by atoms with van der Waals surface area (Å²) in [6, 6.07) is 8.80. The number of fused-ring (bicyclic) bond motifs is 1. The van der Waals surface area contributed by atoms with Crippen LogP contribution in [0.1, 0.15) is 5.56 Å². The van der Waals surface area contributed by atoms with Crippen molar-refractivity contribution in [1.29, 1.82) is 0 Å². The zero-order valence-corrected chi connectivity index (χ0v) is 12.1. The Labute approximate surface area is 130 Å². The molecule has 23 heavy (non-hydrogen) atoms. The highest BCUT2D eigenvalue weighted by Crippen LogP contribution is 2.45. The number of anilines is 1. The van der Waals surface area contributed by atoms with E-state index in [0.29, 0.717) is 22.6 Å². The smallest absolute Gasteiger partial charge is 0.416 e. The predicted octanol–water partition coefficient (Wildman–Crippen LogP) is 4.13. The fraction of sp³-hybridized carbons (Fsp3) is 0.200. The first-order valence-electron chi connectivity index (χ1n) is 6.72. The minimum Gasteiger partial charge on any atom is -0.496 e. The van der Waals surface area contributed by atoms with Gasteiger partial charge in [0.25, 0.3) is 0 Å². The summed E-state index contributed by atoms with van der Waals surface area (Å²) in [5.74, 6) is 0.451. The molecule has 1 heterocycles. The molecule has 1 unspecified atom stereocenters. The van der Waals surface area contributed by atoms with E-state index in [-0.39, 0.29) is 5.69 Å². The molecule has 0 saturated carbocycles. The van der Waals surface area contributed by atoms with E-state index in [1.165, 1.54) is 7.11 Å². The Kier molecular flexibility index (Phi) is 3.69. The van der Waals surface area contributed by atoms with Crippen LogP contribution >= 0.6 is 0 Å². The molecule has 1 aliphatic heterocycles. The van der Waals surface area contributed by atoms with Crippen LogP contribution in [0.15, 0.2) is 46.6 Å². The summed E-state index contributed by atoms with van der Waals surface area (Å²) in [5.41, 5.74) is 6.15. The SMILES string of the molecule is COc1ccccc1-c1cc(C(F)(F)F)cc2c1NC(N)N=N2. The number of methoxy groups -OCH3 is 1. The highest BCUT2D eigenvalue weighted by molar-refractivity contribution is 5.89. The highest BCUT2D eigenvalue weighted by atomic mass is 19.4. The summed E-state index contributed by atoms with van der Waals surface area (Å²) >= 11 is 0. The van der Waals surface area contributed by atoms with Crippen molar-refractivity contribution in [3.05, 3.63) is 42.0 Å². The Hall–Kier alpha value is -2.61. The molecule has 1 atom stereocenters. The summed E-state index contributed by atoms with van der Waals surface area (Å²) in [4.78, 5) is 0. The predicted molar refractivity (Wildman–Crippen MR) is 79.5 cm³/mol. The van der Waals surface area contributed by atoms with Crippen molar-refractivity contribution in [3.63, 3.8) is 0 Å². The maximum Gasteiger partial charge on any atom is 0.416 e. The van der Waals surface area contributed by atoms with Crippen LogP contribution in [0.3, 0.4) is 0 Å². The van der Waals surface area contributed by atoms with Gasteiger partial charge in [-0.15, -0.1) is 5.11 Å². The van der Waals surface area contributed by atoms with Gasteiger partial charge in [0.2, 0.25) is 0 Å². The topological polar surface area (TPSA) is 72.0 Å². The summed E-state index contributed by atoms with van der Waals surface area (Å²) < 4.78 is 44.7. The zero-order chi connectivity index (χ0) is 16.6. The Balaban J connectivity index is 2.28. The second kappa shape index (κ2) is 5.54. The van der Waals surface area contributed by atoms with E-state index in [1.807, 2.05) is 0 Å². The Morgan fingerprint density at radius 3 is 2.61 bits per heavy atom. The third-order valence-corrected chi connectivity index (χ3v) is 3.42. The lowest BCUT2D eigenvalue weighted by Gasteiger charge is -2.22. The Morgan fingerprint density at radius 1 is 1.17 bits per heavy atom. The molecule has 0 bridgehead atoms. The molecule has 0 amide bonds. The molecule has 0 radical (unpaired) electrons. The summed E-state index contributed by atoms with van der Waals surface area (Å²) in [6.07, 6.45) is -5.31. The van der Waals surface area contributed by atoms with Crippen LogP contribution in [-0.4, -0.2) is 13.4 Å². The number of alkyl halides is 3. The van der Waals surface area contributed by atoms with E-state index in [4.69, 9.17) is 10.5 Å². The fourth-order valence-electron chi connectivity index (χ4n) is 2.40. The average Bonchev–Trinajstić information content (AvgIpc) is 2.53. The van der Waals surface area contributed by atoms with Crippen LogP contribution < -0.4 is 15.8 Å². The number of halogens is 3. The lowest BCUT2D eigenvalue weighted by Crippen LogP contribution is -2.28. The first-order chi connectivity index (χ1) is 10.9. The first kappa shape index (κ1) is 15.3. The number of nitrogens with one attached hydrogen (secondary N) is 1. The number of azo groups is 1. The second-order valence-electron chi connectivity index (χ2n) is 4.92. The minimum atomic E-state index is -4.50. The van der Waals surface area contributed by atoms with Gasteiger partial charge in [-0.3, -0.25) is 5.73 Å². The molecule has 2 aromatic carbocycles. The van der Waals surface area contributed by atoms with Crippen LogP contribution in [0.2, 0.25) is 0 Å². The minimum absolute atomic E-state index is 0.0856. The Morgan fingerprint density at radius 2 is 1.91 bits per heavy atom. The number of ether oxygens (including phenoxy) is 1. The summed E-state index contributed by atoms with van der Waals surface area (Å²) in [5, 5.41) is 10.3. The van der Waals surface area contributed by atoms with Crippen molar-refractivity contribution >= 4 is 11.4 Å². The molecule has 2 aromatic rings. The normalized spacial score (nSPS) is 16.7. The van der Waals surface area contributed by atoms with Gasteiger partial charge in [0.15, 0.2) is 6.29 Å². The molecule has 8 heteroatoms. The van der Waals surface area contributed by atoms with Gasteiger partial charge in [-0.25, -0.2) is 0 Å². The van der Waals surface area contributed by atoms with Gasteiger partial charge in [0.05, 0.1) is 18.4 Å². The first-order valence-corrected chi connectivity index (χ1v) is 6.72. The standard InChI is InChI=1S/C15H13F3N4O/c1-23-12-5-3-2-4-9(12)10-6-8(15(16,17)18)7-11-13(10)20-14(19)22-21-11/h2-7,14,20H,19H2,1H3. The largest absolute Gasteiger partial charge is 0.496 e. The van der Waals surface area contributed by atoms with Crippen LogP contribution in [0.25, 0.3) is 11.1 Å². The van der Waals surface area contributed by atoms with Crippen molar-refractivity contribution in [1.82, 2.24) is 0 Å². The van der Waals surface area contributed by atoms with Crippen molar-refractivity contribution in [3.8, 4) is 16.9 Å². The van der Waals surface area contributed by atoms with Crippen LogP contribution in [-0.2, 0) is 6.18 Å². The zero-order valence-electron chi connectivity index (χ0n) is 12.1. The number of benzene rings is 2. The highest BCUT2D eigenvalue weighted by Gasteiger charge is 2.33. The lowest BCUT2D eigenvalue weighted by molar-refractivity contribution is -0.137. The van der Waals surface area contributed by atoms with Crippen molar-refractivity contribution < 1.29 is 17.9 Å². The van der Waals surface area contributed by atoms with E-state index in [1.54, 1.807) is 24.3 Å². The van der Waals surface area contributed by atoms with Crippen molar-refractivity contribution in [2.75, 3.05) is 12.4 Å². The average molecular weight is 322 g/mol. The number of hydrogen-bond acceptors (Lipinski definition) is 5. The quantitative estimate of drug-likeness (QED) is 0.873. The number of hydrogen-bond donors (Lipinski definition) is 2. The van der Waals surface area contributed by atoms with Gasteiger partial charge in [-0.2, -0.15) is 18.3 Å². The molecule has 0 saturated heterocycles. The molecule has 0 aromatic heterocycles. The van der Waals surface area contributed by atoms with Gasteiger partial charge in [0, 0.05) is 11.1 Å². The molecule has 3 N–H and O–H groups in total. The number of nitrogens with two attached hydrogens (primary N) is 1. The third kappa shape index (κ3) is 2.85. The molecule has 3 rings (SSSR count). The van der Waals surface area contributed by atoms with Gasteiger partial charge in [0.1, 0.15) is 11.4 Å². The lowest BCUT2D eigenvalue weighted by atomic mass is 9.98. The van der Waals surface area contributed by atoms with E-state index in [9.17, 15) is 13.2 Å². The van der Waals surface area contributed by atoms with Crippen LogP contribution in [0, 0.1) is 0 Å². The van der Waals surface area contributed by atoms with E-state index >= 15 is 0 Å². The maximum atomic E-state index is 13.2. The summed E-state index contributed by atoms with van der Waals surface area (Å²) in [6.45, 7) is 0. The van der Waals surface area contributed by atoms with Crippen LogP contribution in [0.4, 0.5) is 24.5 Å². The number of rotatable bonds is 2. The van der Waals surface area contributed by atoms with Gasteiger partial charge in [-0.1, -0.05) is 18.2 Å². The third-order valence-electron chi connectivity index (χ3n) is 3.42. The van der Waals surface area contributed by atoms with Gasteiger partial charge >= 0.3 is 6.18 Å². The van der Waals surface area contributed by atoms with E-state index in [0.717, 1.165) is 12.1 Å². The number of nitrogens with zero attached hydrogens (tertiary/aromatic N) is 2. The van der Waals surface area contributed by atoms with Crippen molar-refractivity contribution in [2.45, 2.75) is 12.5 Å². The molecule has 5 nitrogen and oxygen atoms in total. The molecule has 120 valence electrons. The molecule has 0 fully saturated rings. The second-order valence-corrected chi connectivity index (χ2v) is 4.92. The number of para-hydroxylation sites is 1. The summed E-state index contributed by atoms with van der Waals surface area (Å²) in [7, 11) is 1.46. The fourth-order valence-corrected chi connectivity index (χ4v) is 2.40. The van der Waals surface area contributed by atoms with E-state index < -0.39 is 18.0 Å². The molecular formula is C15H13F3N4O. The van der Waals surface area contributed by atoms with E-state index in [2.05, 4.69) is 15.5 Å². The van der Waals surface area contributed by atoms with Crippen LogP contribution in [0.5, 0.6) is 5.75 Å². The van der Waals surface area contributed by atoms with Gasteiger partial charge < -0.3 is 10.1 Å². The molecule has 0 spiro atoms. The monoisotopic (exact) mass is 322 g/mol. The maximum absolute atomic E-state index is 13.2. The molecule has 0 aliphatic carbocycles. The van der Waals surface area contributed by atoms with Crippen molar-refractivity contribution in [2.24, 2.45) is 16.0 Å². The van der Waals surface area contributed by atoms with Gasteiger partial charge in [-0.05, 0) is 18.2 Å². The molecular weight excluding hydrogens is 309 g/mol. The molecule has 1 aliphatic rings.